The molecule has 5 heteroatoms. The molecule has 2 rings (SSSR count). The maximum Gasteiger partial charge on any atom is 0.339 e. The zero-order chi connectivity index (χ0) is 14.0. The van der Waals surface area contributed by atoms with Gasteiger partial charge in [0.05, 0.1) is 11.3 Å². The summed E-state index contributed by atoms with van der Waals surface area (Å²) in [4.78, 5) is 19.2. The van der Waals surface area contributed by atoms with E-state index in [0.29, 0.717) is 29.1 Å². The Labute approximate surface area is 110 Å². The van der Waals surface area contributed by atoms with Crippen molar-refractivity contribution in [1.82, 2.24) is 9.97 Å². The minimum absolute atomic E-state index is 0.0823. The number of carbonyl (C=O) groups is 1. The van der Waals surface area contributed by atoms with Crippen molar-refractivity contribution in [1.29, 1.82) is 0 Å². The molecule has 0 aliphatic heterocycles. The molecule has 0 saturated heterocycles. The summed E-state index contributed by atoms with van der Waals surface area (Å²) in [6.07, 6.45) is 1.74. The third-order valence-electron chi connectivity index (χ3n) is 2.86. The quantitative estimate of drug-likeness (QED) is 0.921. The highest BCUT2D eigenvalue weighted by Crippen LogP contribution is 2.19. The van der Waals surface area contributed by atoms with E-state index in [1.165, 1.54) is 12.3 Å². The highest BCUT2D eigenvalue weighted by molar-refractivity contribution is 5.88. The molecule has 4 nitrogen and oxygen atoms in total. The Balaban J connectivity index is 2.51. The fraction of sp³-hybridized carbons (Fsp3) is 0.214. The molecule has 0 fully saturated rings. The first-order valence-electron chi connectivity index (χ1n) is 5.88. The smallest absolute Gasteiger partial charge is 0.339 e. The molecule has 0 spiro atoms. The number of carboxylic acids is 1. The molecule has 0 unspecified atom stereocenters. The van der Waals surface area contributed by atoms with Gasteiger partial charge in [0.1, 0.15) is 5.82 Å². The fourth-order valence-electron chi connectivity index (χ4n) is 1.74. The average Bonchev–Trinajstić information content (AvgIpc) is 2.41. The van der Waals surface area contributed by atoms with Crippen LogP contribution in [0.4, 0.5) is 4.39 Å². The molecule has 0 saturated carbocycles. The van der Waals surface area contributed by atoms with Crippen LogP contribution >= 0.6 is 0 Å². The Bertz CT molecular complexity index is 641. The second-order valence-corrected chi connectivity index (χ2v) is 4.18. The van der Waals surface area contributed by atoms with E-state index in [-0.39, 0.29) is 11.4 Å². The highest BCUT2D eigenvalue weighted by Gasteiger charge is 2.13. The van der Waals surface area contributed by atoms with E-state index in [1.807, 2.05) is 6.92 Å². The van der Waals surface area contributed by atoms with Gasteiger partial charge >= 0.3 is 5.97 Å². The zero-order valence-corrected chi connectivity index (χ0v) is 10.6. The standard InChI is InChI=1S/C14H13FN2O2/c1-3-12-10(14(18)19)7-16-13(17-12)9-5-4-8(2)11(15)6-9/h4-7H,3H2,1-2H3,(H,18,19). The number of benzene rings is 1. The van der Waals surface area contributed by atoms with Crippen LogP contribution in [-0.4, -0.2) is 21.0 Å². The number of rotatable bonds is 3. The van der Waals surface area contributed by atoms with Crippen LogP contribution in [-0.2, 0) is 6.42 Å². The highest BCUT2D eigenvalue weighted by atomic mass is 19.1. The molecule has 98 valence electrons. The van der Waals surface area contributed by atoms with Crippen LogP contribution < -0.4 is 0 Å². The van der Waals surface area contributed by atoms with E-state index in [1.54, 1.807) is 19.1 Å². The number of nitrogens with zero attached hydrogens (tertiary/aromatic N) is 2. The monoisotopic (exact) mass is 260 g/mol. The maximum atomic E-state index is 13.5. The molecule has 0 amide bonds. The van der Waals surface area contributed by atoms with E-state index >= 15 is 0 Å². The summed E-state index contributed by atoms with van der Waals surface area (Å²) in [5.41, 5.74) is 1.61. The maximum absolute atomic E-state index is 13.5. The van der Waals surface area contributed by atoms with Gasteiger partial charge in [0.2, 0.25) is 0 Å². The topological polar surface area (TPSA) is 63.1 Å². The molecule has 1 aromatic carbocycles. The molecule has 0 radical (unpaired) electrons. The van der Waals surface area contributed by atoms with Gasteiger partial charge in [-0.1, -0.05) is 19.1 Å². The molecule has 0 bridgehead atoms. The summed E-state index contributed by atoms with van der Waals surface area (Å²) in [7, 11) is 0. The molecule has 1 aromatic heterocycles. The van der Waals surface area contributed by atoms with Gasteiger partial charge in [0, 0.05) is 11.8 Å². The van der Waals surface area contributed by atoms with Gasteiger partial charge in [-0.15, -0.1) is 0 Å². The Kier molecular flexibility index (Phi) is 3.55. The van der Waals surface area contributed by atoms with Crippen molar-refractivity contribution >= 4 is 5.97 Å². The molecular weight excluding hydrogens is 247 g/mol. The van der Waals surface area contributed by atoms with Gasteiger partial charge in [0.15, 0.2) is 5.82 Å². The zero-order valence-electron chi connectivity index (χ0n) is 10.6. The molecule has 2 aromatic rings. The van der Waals surface area contributed by atoms with Gasteiger partial charge in [-0.05, 0) is 25.0 Å². The fourth-order valence-corrected chi connectivity index (χ4v) is 1.74. The second kappa shape index (κ2) is 5.14. The van der Waals surface area contributed by atoms with Crippen LogP contribution in [0.2, 0.25) is 0 Å². The predicted octanol–water partition coefficient (Wildman–Crippen LogP) is 2.85. The summed E-state index contributed by atoms with van der Waals surface area (Å²) in [5, 5.41) is 9.00. The van der Waals surface area contributed by atoms with Crippen LogP contribution in [0.1, 0.15) is 28.5 Å². The molecule has 19 heavy (non-hydrogen) atoms. The van der Waals surface area contributed by atoms with Gasteiger partial charge < -0.3 is 5.11 Å². The van der Waals surface area contributed by atoms with E-state index in [0.717, 1.165) is 0 Å². The minimum atomic E-state index is -1.06. The molecule has 0 atom stereocenters. The van der Waals surface area contributed by atoms with Gasteiger partial charge in [-0.3, -0.25) is 0 Å². The van der Waals surface area contributed by atoms with E-state index in [9.17, 15) is 9.18 Å². The lowest BCUT2D eigenvalue weighted by Crippen LogP contribution is -2.06. The van der Waals surface area contributed by atoms with E-state index in [2.05, 4.69) is 9.97 Å². The Morgan fingerprint density at radius 3 is 2.74 bits per heavy atom. The van der Waals surface area contributed by atoms with Crippen LogP contribution in [0.3, 0.4) is 0 Å². The SMILES string of the molecule is CCc1nc(-c2ccc(C)c(F)c2)ncc1C(=O)O. The number of hydrogen-bond donors (Lipinski definition) is 1. The van der Waals surface area contributed by atoms with Crippen molar-refractivity contribution in [3.63, 3.8) is 0 Å². The van der Waals surface area contributed by atoms with E-state index in [4.69, 9.17) is 5.11 Å². The normalized spacial score (nSPS) is 10.5. The number of carboxylic acid groups (broad SMARTS) is 1. The number of hydrogen-bond acceptors (Lipinski definition) is 3. The Morgan fingerprint density at radius 2 is 2.16 bits per heavy atom. The molecular formula is C14H13FN2O2. The van der Waals surface area contributed by atoms with Crippen LogP contribution in [0.5, 0.6) is 0 Å². The van der Waals surface area contributed by atoms with Gasteiger partial charge in [-0.2, -0.15) is 0 Å². The van der Waals surface area contributed by atoms with Crippen LogP contribution in [0.15, 0.2) is 24.4 Å². The Hall–Kier alpha value is -2.30. The lowest BCUT2D eigenvalue weighted by Gasteiger charge is -2.06. The predicted molar refractivity (Wildman–Crippen MR) is 68.5 cm³/mol. The average molecular weight is 260 g/mol. The third-order valence-corrected chi connectivity index (χ3v) is 2.86. The first-order chi connectivity index (χ1) is 9.02. The summed E-state index contributed by atoms with van der Waals surface area (Å²) in [6.45, 7) is 3.49. The summed E-state index contributed by atoms with van der Waals surface area (Å²) in [5.74, 6) is -1.05. The second-order valence-electron chi connectivity index (χ2n) is 4.18. The number of halogens is 1. The van der Waals surface area contributed by atoms with Crippen LogP contribution in [0.25, 0.3) is 11.4 Å². The summed E-state index contributed by atoms with van der Waals surface area (Å²) in [6, 6.07) is 4.71. The minimum Gasteiger partial charge on any atom is -0.478 e. The van der Waals surface area contributed by atoms with Crippen molar-refractivity contribution in [2.24, 2.45) is 0 Å². The van der Waals surface area contributed by atoms with Crippen molar-refractivity contribution in [3.8, 4) is 11.4 Å². The number of aromatic carboxylic acids is 1. The lowest BCUT2D eigenvalue weighted by atomic mass is 10.1. The summed E-state index contributed by atoms with van der Waals surface area (Å²) >= 11 is 0. The van der Waals surface area contributed by atoms with E-state index < -0.39 is 5.97 Å². The number of aromatic nitrogens is 2. The lowest BCUT2D eigenvalue weighted by molar-refractivity contribution is 0.0694. The van der Waals surface area contributed by atoms with Gasteiger partial charge in [-0.25, -0.2) is 19.2 Å². The summed E-state index contributed by atoms with van der Waals surface area (Å²) < 4.78 is 13.5. The van der Waals surface area contributed by atoms with Crippen LogP contribution in [0, 0.1) is 12.7 Å². The molecule has 1 N–H and O–H groups in total. The van der Waals surface area contributed by atoms with Crippen molar-refractivity contribution in [2.45, 2.75) is 20.3 Å². The molecule has 0 aliphatic rings. The molecule has 1 heterocycles. The van der Waals surface area contributed by atoms with Crippen molar-refractivity contribution < 1.29 is 14.3 Å². The Morgan fingerprint density at radius 1 is 1.42 bits per heavy atom. The first-order valence-corrected chi connectivity index (χ1v) is 5.88. The first kappa shape index (κ1) is 13.1. The third kappa shape index (κ3) is 2.59. The van der Waals surface area contributed by atoms with Crippen molar-refractivity contribution in [3.05, 3.63) is 47.0 Å². The largest absolute Gasteiger partial charge is 0.478 e. The van der Waals surface area contributed by atoms with Gasteiger partial charge in [0.25, 0.3) is 0 Å². The van der Waals surface area contributed by atoms with Crippen molar-refractivity contribution in [2.75, 3.05) is 0 Å². The molecule has 0 aliphatic carbocycles. The number of aryl methyl sites for hydroxylation is 2.